The molecule has 1 aliphatic rings. The van der Waals surface area contributed by atoms with Crippen molar-refractivity contribution in [3.8, 4) is 0 Å². The number of hydrogen-bond donors (Lipinski definition) is 3. The van der Waals surface area contributed by atoms with Gasteiger partial charge in [-0.25, -0.2) is 4.39 Å². The van der Waals surface area contributed by atoms with Gasteiger partial charge >= 0.3 is 0 Å². The van der Waals surface area contributed by atoms with Gasteiger partial charge in [0.25, 0.3) is 0 Å². The second kappa shape index (κ2) is 7.57. The van der Waals surface area contributed by atoms with Crippen molar-refractivity contribution in [1.82, 2.24) is 10.6 Å². The first-order chi connectivity index (χ1) is 9.08. The van der Waals surface area contributed by atoms with E-state index in [1.54, 1.807) is 0 Å². The molecule has 0 radical (unpaired) electrons. The molecule has 20 heavy (non-hydrogen) atoms. The van der Waals surface area contributed by atoms with Crippen LogP contribution in [-0.4, -0.2) is 30.6 Å². The van der Waals surface area contributed by atoms with Crippen molar-refractivity contribution >= 4 is 18.3 Å². The standard InChI is InChI=1S/C14H19FN2O2.ClH/c1-9(11-6-16-7-11)14(19)17-8-13(18)10-2-4-12(15)5-3-10;/h2-5,9,11,13,16,18H,6-8H2,1H3,(H,17,19);1H. The van der Waals surface area contributed by atoms with Crippen LogP contribution < -0.4 is 10.6 Å². The minimum absolute atomic E-state index is 0. The van der Waals surface area contributed by atoms with Gasteiger partial charge < -0.3 is 15.7 Å². The smallest absolute Gasteiger partial charge is 0.223 e. The molecule has 1 fully saturated rings. The number of amides is 1. The molecular weight excluding hydrogens is 283 g/mol. The third-order valence-corrected chi connectivity index (χ3v) is 3.66. The highest BCUT2D eigenvalue weighted by Gasteiger charge is 2.28. The van der Waals surface area contributed by atoms with E-state index in [4.69, 9.17) is 0 Å². The lowest BCUT2D eigenvalue weighted by atomic mass is 9.88. The molecule has 112 valence electrons. The van der Waals surface area contributed by atoms with Gasteiger partial charge in [-0.15, -0.1) is 12.4 Å². The molecule has 0 spiro atoms. The van der Waals surface area contributed by atoms with Crippen molar-refractivity contribution in [1.29, 1.82) is 0 Å². The molecule has 2 rings (SSSR count). The van der Waals surface area contributed by atoms with Crippen LogP contribution in [0.25, 0.3) is 0 Å². The van der Waals surface area contributed by atoms with E-state index in [-0.39, 0.29) is 36.6 Å². The number of aliphatic hydroxyl groups is 1. The number of aliphatic hydroxyl groups excluding tert-OH is 1. The summed E-state index contributed by atoms with van der Waals surface area (Å²) in [5, 5.41) is 15.8. The van der Waals surface area contributed by atoms with E-state index in [1.165, 1.54) is 24.3 Å². The van der Waals surface area contributed by atoms with E-state index >= 15 is 0 Å². The molecule has 4 nitrogen and oxygen atoms in total. The Morgan fingerprint density at radius 3 is 2.55 bits per heavy atom. The topological polar surface area (TPSA) is 61.4 Å². The number of halogens is 2. The van der Waals surface area contributed by atoms with Gasteiger partial charge in [-0.1, -0.05) is 19.1 Å². The molecule has 1 aromatic rings. The number of hydrogen-bond acceptors (Lipinski definition) is 3. The van der Waals surface area contributed by atoms with E-state index < -0.39 is 6.10 Å². The van der Waals surface area contributed by atoms with Crippen LogP contribution in [0.1, 0.15) is 18.6 Å². The molecule has 1 amide bonds. The zero-order valence-corrected chi connectivity index (χ0v) is 12.1. The number of carbonyl (C=O) groups is 1. The van der Waals surface area contributed by atoms with E-state index in [2.05, 4.69) is 10.6 Å². The van der Waals surface area contributed by atoms with Crippen molar-refractivity contribution in [2.24, 2.45) is 11.8 Å². The van der Waals surface area contributed by atoms with Crippen LogP contribution in [0.5, 0.6) is 0 Å². The molecular formula is C14H20ClFN2O2. The Morgan fingerprint density at radius 2 is 2.05 bits per heavy atom. The van der Waals surface area contributed by atoms with Gasteiger partial charge in [0, 0.05) is 12.5 Å². The molecule has 1 heterocycles. The fourth-order valence-corrected chi connectivity index (χ4v) is 2.04. The zero-order valence-electron chi connectivity index (χ0n) is 11.3. The monoisotopic (exact) mass is 302 g/mol. The Bertz CT molecular complexity index is 437. The fraction of sp³-hybridized carbons (Fsp3) is 0.500. The third kappa shape index (κ3) is 4.16. The average molecular weight is 303 g/mol. The predicted octanol–water partition coefficient (Wildman–Crippen LogP) is 1.25. The Labute approximate surface area is 124 Å². The van der Waals surface area contributed by atoms with Crippen LogP contribution in [-0.2, 0) is 4.79 Å². The van der Waals surface area contributed by atoms with Crippen molar-refractivity contribution in [3.05, 3.63) is 35.6 Å². The van der Waals surface area contributed by atoms with Gasteiger partial charge in [-0.3, -0.25) is 4.79 Å². The van der Waals surface area contributed by atoms with Gasteiger partial charge in [0.05, 0.1) is 6.10 Å². The summed E-state index contributed by atoms with van der Waals surface area (Å²) < 4.78 is 12.7. The highest BCUT2D eigenvalue weighted by atomic mass is 35.5. The quantitative estimate of drug-likeness (QED) is 0.767. The molecule has 2 unspecified atom stereocenters. The van der Waals surface area contributed by atoms with Crippen molar-refractivity contribution in [3.63, 3.8) is 0 Å². The lowest BCUT2D eigenvalue weighted by Crippen LogP contribution is -2.50. The van der Waals surface area contributed by atoms with Crippen LogP contribution in [0.15, 0.2) is 24.3 Å². The Hall–Kier alpha value is -1.17. The van der Waals surface area contributed by atoms with Crippen LogP contribution in [0, 0.1) is 17.7 Å². The molecule has 0 saturated carbocycles. The van der Waals surface area contributed by atoms with E-state index in [0.29, 0.717) is 11.5 Å². The van der Waals surface area contributed by atoms with E-state index in [9.17, 15) is 14.3 Å². The Balaban J connectivity index is 0.00000200. The number of nitrogens with one attached hydrogen (secondary N) is 2. The van der Waals surface area contributed by atoms with Crippen molar-refractivity contribution < 1.29 is 14.3 Å². The van der Waals surface area contributed by atoms with Gasteiger partial charge in [-0.2, -0.15) is 0 Å². The fourth-order valence-electron chi connectivity index (χ4n) is 2.04. The molecule has 1 aliphatic heterocycles. The first-order valence-corrected chi connectivity index (χ1v) is 6.50. The van der Waals surface area contributed by atoms with Gasteiger partial charge in [0.1, 0.15) is 5.82 Å². The van der Waals surface area contributed by atoms with Crippen molar-refractivity contribution in [2.45, 2.75) is 13.0 Å². The van der Waals surface area contributed by atoms with Crippen LogP contribution in [0.2, 0.25) is 0 Å². The molecule has 0 bridgehead atoms. The number of rotatable bonds is 5. The highest BCUT2D eigenvalue weighted by Crippen LogP contribution is 2.17. The molecule has 0 aliphatic carbocycles. The predicted molar refractivity (Wildman–Crippen MR) is 77.1 cm³/mol. The average Bonchev–Trinajstić information content (AvgIpc) is 2.34. The first-order valence-electron chi connectivity index (χ1n) is 6.50. The minimum Gasteiger partial charge on any atom is -0.387 e. The van der Waals surface area contributed by atoms with Gasteiger partial charge in [0.15, 0.2) is 0 Å². The normalized spacial score (nSPS) is 17.6. The highest BCUT2D eigenvalue weighted by molar-refractivity contribution is 5.85. The molecule has 2 atom stereocenters. The maximum absolute atomic E-state index is 12.7. The number of benzene rings is 1. The first kappa shape index (κ1) is 16.9. The van der Waals surface area contributed by atoms with Crippen LogP contribution in [0.4, 0.5) is 4.39 Å². The summed E-state index contributed by atoms with van der Waals surface area (Å²) in [7, 11) is 0. The maximum atomic E-state index is 12.7. The molecule has 1 aromatic carbocycles. The minimum atomic E-state index is -0.809. The summed E-state index contributed by atoms with van der Waals surface area (Å²) in [6.45, 7) is 3.78. The summed E-state index contributed by atoms with van der Waals surface area (Å²) in [4.78, 5) is 11.9. The lowest BCUT2D eigenvalue weighted by molar-refractivity contribution is -0.127. The third-order valence-electron chi connectivity index (χ3n) is 3.66. The van der Waals surface area contributed by atoms with Gasteiger partial charge in [0.2, 0.25) is 5.91 Å². The summed E-state index contributed by atoms with van der Waals surface area (Å²) in [5.41, 5.74) is 0.597. The Kier molecular flexibility index (Phi) is 6.39. The second-order valence-electron chi connectivity index (χ2n) is 5.02. The lowest BCUT2D eigenvalue weighted by Gasteiger charge is -2.31. The second-order valence-corrected chi connectivity index (χ2v) is 5.02. The van der Waals surface area contributed by atoms with E-state index in [1.807, 2.05) is 6.92 Å². The summed E-state index contributed by atoms with van der Waals surface area (Å²) in [6, 6.07) is 5.63. The Morgan fingerprint density at radius 1 is 1.45 bits per heavy atom. The SMILES string of the molecule is CC(C(=O)NCC(O)c1ccc(F)cc1)C1CNC1.Cl. The largest absolute Gasteiger partial charge is 0.387 e. The van der Waals surface area contributed by atoms with E-state index in [0.717, 1.165) is 13.1 Å². The summed E-state index contributed by atoms with van der Waals surface area (Å²) in [5.74, 6) is -0.0663. The van der Waals surface area contributed by atoms with Crippen LogP contribution in [0.3, 0.4) is 0 Å². The maximum Gasteiger partial charge on any atom is 0.223 e. The number of carbonyl (C=O) groups excluding carboxylic acids is 1. The molecule has 3 N–H and O–H groups in total. The molecule has 1 saturated heterocycles. The summed E-state index contributed by atoms with van der Waals surface area (Å²) in [6.07, 6.45) is -0.809. The summed E-state index contributed by atoms with van der Waals surface area (Å²) >= 11 is 0. The zero-order chi connectivity index (χ0) is 13.8. The molecule has 0 aromatic heterocycles. The van der Waals surface area contributed by atoms with Gasteiger partial charge in [-0.05, 0) is 36.7 Å². The van der Waals surface area contributed by atoms with Crippen molar-refractivity contribution in [2.75, 3.05) is 19.6 Å². The van der Waals surface area contributed by atoms with Crippen LogP contribution >= 0.6 is 12.4 Å². The molecule has 6 heteroatoms.